The van der Waals surface area contributed by atoms with Gasteiger partial charge in [-0.15, -0.1) is 0 Å². The summed E-state index contributed by atoms with van der Waals surface area (Å²) in [6, 6.07) is 11.2. The summed E-state index contributed by atoms with van der Waals surface area (Å²) < 4.78 is 11.2. The number of aromatic nitrogens is 1. The molecule has 2 bridgehead atoms. The molecule has 28 heavy (non-hydrogen) atoms. The summed E-state index contributed by atoms with van der Waals surface area (Å²) in [4.78, 5) is 19.1. The molecule has 2 saturated heterocycles. The van der Waals surface area contributed by atoms with Crippen LogP contribution in [0.25, 0.3) is 0 Å². The lowest BCUT2D eigenvalue weighted by Crippen LogP contribution is -2.62. The van der Waals surface area contributed by atoms with Crippen LogP contribution in [0.15, 0.2) is 42.6 Å². The lowest BCUT2D eigenvalue weighted by molar-refractivity contribution is -0.138. The molecule has 1 aromatic heterocycles. The van der Waals surface area contributed by atoms with Gasteiger partial charge in [0.15, 0.2) is 0 Å². The van der Waals surface area contributed by atoms with E-state index in [4.69, 9.17) is 9.47 Å². The minimum absolute atomic E-state index is 0.233. The molecular weight excluding hydrogens is 356 g/mol. The van der Waals surface area contributed by atoms with Crippen LogP contribution in [-0.4, -0.2) is 46.4 Å². The molecule has 0 saturated carbocycles. The highest BCUT2D eigenvalue weighted by atomic mass is 16.6. The number of piperidine rings is 1. The minimum Gasteiger partial charge on any atom is -0.445 e. The van der Waals surface area contributed by atoms with Crippen LogP contribution in [0.1, 0.15) is 35.2 Å². The second kappa shape index (κ2) is 7.53. The van der Waals surface area contributed by atoms with Crippen molar-refractivity contribution in [2.75, 3.05) is 13.2 Å². The van der Waals surface area contributed by atoms with E-state index in [0.29, 0.717) is 31.7 Å². The predicted molar refractivity (Wildman–Crippen MR) is 104 cm³/mol. The Kier molecular flexibility index (Phi) is 5.08. The number of pyridine rings is 1. The molecule has 1 amide bonds. The van der Waals surface area contributed by atoms with E-state index < -0.39 is 5.60 Å². The Bertz CT molecular complexity index is 841. The van der Waals surface area contributed by atoms with Crippen molar-refractivity contribution in [3.8, 4) is 0 Å². The third-order valence-electron chi connectivity index (χ3n) is 5.63. The second-order valence-electron chi connectivity index (χ2n) is 7.91. The highest BCUT2D eigenvalue weighted by Crippen LogP contribution is 2.41. The molecule has 1 aromatic carbocycles. The average Bonchev–Trinajstić information content (AvgIpc) is 2.66. The van der Waals surface area contributed by atoms with Crippen molar-refractivity contribution < 1.29 is 19.4 Å². The molecule has 0 spiro atoms. The van der Waals surface area contributed by atoms with Gasteiger partial charge in [-0.3, -0.25) is 9.88 Å². The number of carbonyl (C=O) groups is 1. The first-order chi connectivity index (χ1) is 13.5. The van der Waals surface area contributed by atoms with Gasteiger partial charge in [-0.1, -0.05) is 36.4 Å². The molecule has 2 aliphatic heterocycles. The number of benzene rings is 1. The molecule has 2 aromatic rings. The van der Waals surface area contributed by atoms with Crippen molar-refractivity contribution in [1.82, 2.24) is 9.88 Å². The highest BCUT2D eigenvalue weighted by Gasteiger charge is 2.50. The lowest BCUT2D eigenvalue weighted by Gasteiger charge is -2.50. The summed E-state index contributed by atoms with van der Waals surface area (Å²) in [6.45, 7) is 4.98. The Morgan fingerprint density at radius 2 is 1.93 bits per heavy atom. The van der Waals surface area contributed by atoms with Crippen LogP contribution < -0.4 is 0 Å². The van der Waals surface area contributed by atoms with Gasteiger partial charge < -0.3 is 14.6 Å². The molecule has 0 aliphatic carbocycles. The normalized spacial score (nSPS) is 26.8. The zero-order valence-electron chi connectivity index (χ0n) is 16.3. The molecule has 1 N–H and O–H groups in total. The molecule has 4 rings (SSSR count). The van der Waals surface area contributed by atoms with Crippen LogP contribution >= 0.6 is 0 Å². The summed E-state index contributed by atoms with van der Waals surface area (Å²) in [5, 5.41) is 11.4. The predicted octanol–water partition coefficient (Wildman–Crippen LogP) is 3.09. The van der Waals surface area contributed by atoms with Crippen LogP contribution in [0.3, 0.4) is 0 Å². The van der Waals surface area contributed by atoms with Gasteiger partial charge >= 0.3 is 6.09 Å². The van der Waals surface area contributed by atoms with Gasteiger partial charge in [-0.2, -0.15) is 0 Å². The summed E-state index contributed by atoms with van der Waals surface area (Å²) in [5.41, 5.74) is 2.63. The number of morpholine rings is 1. The van der Waals surface area contributed by atoms with E-state index in [9.17, 15) is 9.90 Å². The van der Waals surface area contributed by atoms with Crippen molar-refractivity contribution in [3.63, 3.8) is 0 Å². The number of aryl methyl sites for hydroxylation is 2. The maximum Gasteiger partial charge on any atom is 0.410 e. The number of amides is 1. The van der Waals surface area contributed by atoms with Gasteiger partial charge in [0.1, 0.15) is 12.2 Å². The van der Waals surface area contributed by atoms with E-state index in [1.54, 1.807) is 11.1 Å². The first kappa shape index (κ1) is 18.9. The van der Waals surface area contributed by atoms with Crippen LogP contribution in [-0.2, 0) is 21.7 Å². The Balaban J connectivity index is 1.51. The van der Waals surface area contributed by atoms with E-state index in [0.717, 1.165) is 16.7 Å². The van der Waals surface area contributed by atoms with Gasteiger partial charge in [0.25, 0.3) is 0 Å². The molecular formula is C22H26N2O4. The Morgan fingerprint density at radius 3 is 2.57 bits per heavy atom. The zero-order chi connectivity index (χ0) is 19.7. The van der Waals surface area contributed by atoms with Gasteiger partial charge in [0, 0.05) is 19.0 Å². The average molecular weight is 382 g/mol. The van der Waals surface area contributed by atoms with Gasteiger partial charge in [-0.25, -0.2) is 4.79 Å². The number of nitrogens with zero attached hydrogens (tertiary/aromatic N) is 2. The number of fused-ring (bicyclic) bond motifs is 2. The topological polar surface area (TPSA) is 71.9 Å². The van der Waals surface area contributed by atoms with Crippen molar-refractivity contribution >= 4 is 6.09 Å². The molecule has 6 nitrogen and oxygen atoms in total. The molecule has 2 atom stereocenters. The van der Waals surface area contributed by atoms with Crippen LogP contribution in [0, 0.1) is 13.8 Å². The molecule has 3 heterocycles. The quantitative estimate of drug-likeness (QED) is 0.883. The Hall–Kier alpha value is -2.44. The molecule has 148 valence electrons. The Morgan fingerprint density at radius 1 is 1.25 bits per heavy atom. The number of hydrogen-bond donors (Lipinski definition) is 1. The Labute approximate surface area is 165 Å². The van der Waals surface area contributed by atoms with Crippen molar-refractivity contribution in [3.05, 3.63) is 65.0 Å². The first-order valence-corrected chi connectivity index (χ1v) is 9.69. The van der Waals surface area contributed by atoms with E-state index in [2.05, 4.69) is 4.98 Å². The number of ether oxygens (including phenoxy) is 2. The van der Waals surface area contributed by atoms with Crippen LogP contribution in [0.5, 0.6) is 0 Å². The molecule has 2 unspecified atom stereocenters. The van der Waals surface area contributed by atoms with E-state index in [1.165, 1.54) is 0 Å². The molecule has 2 fully saturated rings. The van der Waals surface area contributed by atoms with Crippen molar-refractivity contribution in [2.45, 2.75) is 51.0 Å². The van der Waals surface area contributed by atoms with E-state index in [1.807, 2.05) is 50.2 Å². The minimum atomic E-state index is -1.06. The molecule has 6 heteroatoms. The molecule has 2 aliphatic rings. The largest absolute Gasteiger partial charge is 0.445 e. The zero-order valence-corrected chi connectivity index (χ0v) is 16.3. The fraction of sp³-hybridized carbons (Fsp3) is 0.455. The monoisotopic (exact) mass is 382 g/mol. The number of aliphatic hydroxyl groups is 1. The standard InChI is InChI=1S/C22H26N2O4/c1-15-8-16(2)20(23-11-15)22(26)9-18-13-27-14-19(10-22)24(18)21(25)28-12-17-6-4-3-5-7-17/h3-8,11,18-19,26H,9-10,12-14H2,1-2H3. The number of hydrogen-bond acceptors (Lipinski definition) is 5. The number of rotatable bonds is 3. The van der Waals surface area contributed by atoms with Crippen LogP contribution in [0.4, 0.5) is 4.79 Å². The summed E-state index contributed by atoms with van der Waals surface area (Å²) in [7, 11) is 0. The maximum absolute atomic E-state index is 12.8. The smallest absolute Gasteiger partial charge is 0.410 e. The molecule has 0 radical (unpaired) electrons. The summed E-state index contributed by atoms with van der Waals surface area (Å²) >= 11 is 0. The summed E-state index contributed by atoms with van der Waals surface area (Å²) in [6.07, 6.45) is 2.21. The fourth-order valence-electron chi connectivity index (χ4n) is 4.46. The van der Waals surface area contributed by atoms with Gasteiger partial charge in [-0.05, 0) is 30.5 Å². The highest BCUT2D eigenvalue weighted by molar-refractivity contribution is 5.69. The van der Waals surface area contributed by atoms with Crippen molar-refractivity contribution in [2.24, 2.45) is 0 Å². The third kappa shape index (κ3) is 3.62. The van der Waals surface area contributed by atoms with E-state index >= 15 is 0 Å². The third-order valence-corrected chi connectivity index (χ3v) is 5.63. The van der Waals surface area contributed by atoms with Crippen LogP contribution in [0.2, 0.25) is 0 Å². The fourth-order valence-corrected chi connectivity index (χ4v) is 4.46. The maximum atomic E-state index is 12.8. The van der Waals surface area contributed by atoms with E-state index in [-0.39, 0.29) is 24.8 Å². The lowest BCUT2D eigenvalue weighted by atomic mass is 9.78. The van der Waals surface area contributed by atoms with Gasteiger partial charge in [0.2, 0.25) is 0 Å². The first-order valence-electron chi connectivity index (χ1n) is 9.69. The van der Waals surface area contributed by atoms with Gasteiger partial charge in [0.05, 0.1) is 31.0 Å². The summed E-state index contributed by atoms with van der Waals surface area (Å²) in [5.74, 6) is 0. The SMILES string of the molecule is Cc1cnc(C2(O)CC3COCC(C2)N3C(=O)OCc2ccccc2)c(C)c1. The number of carbonyl (C=O) groups excluding carboxylic acids is 1. The van der Waals surface area contributed by atoms with Crippen molar-refractivity contribution in [1.29, 1.82) is 0 Å². The second-order valence-corrected chi connectivity index (χ2v) is 7.91.